The molecule has 3 rings (SSSR count). The molecule has 1 aromatic carbocycles. The van der Waals surface area contributed by atoms with Crippen LogP contribution < -0.4 is 5.32 Å². The van der Waals surface area contributed by atoms with Crippen molar-refractivity contribution in [2.24, 2.45) is 5.92 Å². The van der Waals surface area contributed by atoms with Crippen LogP contribution in [0.5, 0.6) is 0 Å². The average Bonchev–Trinajstić information content (AvgIpc) is 3.39. The number of ether oxygens (including phenoxy) is 1. The van der Waals surface area contributed by atoms with E-state index in [4.69, 9.17) is 4.74 Å². The van der Waals surface area contributed by atoms with Gasteiger partial charge >= 0.3 is 0 Å². The SMILES string of the molecule is CC1CN(S(=O)(=O)c2cccc(C(=O)NC(C)C3CC3)c2)CC(C)O1. The Morgan fingerprint density at radius 2 is 1.88 bits per heavy atom. The largest absolute Gasteiger partial charge is 0.373 e. The molecule has 1 aliphatic heterocycles. The first-order valence-electron chi connectivity index (χ1n) is 8.84. The lowest BCUT2D eigenvalue weighted by molar-refractivity contribution is -0.0440. The van der Waals surface area contributed by atoms with Crippen molar-refractivity contribution >= 4 is 15.9 Å². The molecule has 0 aromatic heterocycles. The van der Waals surface area contributed by atoms with Gasteiger partial charge in [-0.3, -0.25) is 4.79 Å². The topological polar surface area (TPSA) is 75.7 Å². The number of nitrogens with zero attached hydrogens (tertiary/aromatic N) is 1. The third kappa shape index (κ3) is 4.22. The van der Waals surface area contributed by atoms with Crippen molar-refractivity contribution in [1.82, 2.24) is 9.62 Å². The van der Waals surface area contributed by atoms with Gasteiger partial charge in [-0.25, -0.2) is 8.42 Å². The minimum atomic E-state index is -3.64. The van der Waals surface area contributed by atoms with Crippen LogP contribution in [0.1, 0.15) is 44.0 Å². The molecule has 0 bridgehead atoms. The molecule has 0 radical (unpaired) electrons. The third-order valence-electron chi connectivity index (χ3n) is 4.81. The van der Waals surface area contributed by atoms with Gasteiger partial charge in [-0.2, -0.15) is 4.31 Å². The molecule has 1 N–H and O–H groups in total. The Bertz CT molecular complexity index is 735. The Hall–Kier alpha value is -1.44. The normalized spacial score (nSPS) is 26.2. The smallest absolute Gasteiger partial charge is 0.251 e. The number of sulfonamides is 1. The summed E-state index contributed by atoms with van der Waals surface area (Å²) in [5.74, 6) is 0.326. The molecule has 1 aliphatic carbocycles. The molecule has 2 fully saturated rings. The summed E-state index contributed by atoms with van der Waals surface area (Å²) in [6, 6.07) is 6.40. The molecule has 138 valence electrons. The minimum Gasteiger partial charge on any atom is -0.373 e. The van der Waals surface area contributed by atoms with Gasteiger partial charge in [0.05, 0.1) is 17.1 Å². The minimum absolute atomic E-state index is 0.119. The fraction of sp³-hybridized carbons (Fsp3) is 0.611. The molecule has 7 heteroatoms. The maximum Gasteiger partial charge on any atom is 0.251 e. The van der Waals surface area contributed by atoms with Crippen LogP contribution in [0.15, 0.2) is 29.2 Å². The summed E-state index contributed by atoms with van der Waals surface area (Å²) in [7, 11) is -3.64. The molecule has 25 heavy (non-hydrogen) atoms. The first-order chi connectivity index (χ1) is 11.8. The quantitative estimate of drug-likeness (QED) is 0.865. The second kappa shape index (κ2) is 7.05. The van der Waals surface area contributed by atoms with Crippen molar-refractivity contribution in [3.63, 3.8) is 0 Å². The van der Waals surface area contributed by atoms with Gasteiger partial charge in [0.2, 0.25) is 10.0 Å². The molecule has 2 aliphatic rings. The van der Waals surface area contributed by atoms with E-state index in [1.165, 1.54) is 10.4 Å². The van der Waals surface area contributed by atoms with E-state index in [-0.39, 0.29) is 29.1 Å². The number of nitrogens with one attached hydrogen (secondary N) is 1. The van der Waals surface area contributed by atoms with Crippen molar-refractivity contribution < 1.29 is 17.9 Å². The molecule has 1 amide bonds. The van der Waals surface area contributed by atoms with E-state index in [1.54, 1.807) is 18.2 Å². The molecular formula is C18H26N2O4S. The van der Waals surface area contributed by atoms with E-state index in [2.05, 4.69) is 5.32 Å². The highest BCUT2D eigenvalue weighted by Crippen LogP contribution is 2.32. The van der Waals surface area contributed by atoms with Crippen molar-refractivity contribution in [2.45, 2.75) is 56.8 Å². The van der Waals surface area contributed by atoms with Crippen LogP contribution in [0.2, 0.25) is 0 Å². The van der Waals surface area contributed by atoms with Crippen LogP contribution in [0.3, 0.4) is 0 Å². The summed E-state index contributed by atoms with van der Waals surface area (Å²) in [5.41, 5.74) is 0.378. The zero-order chi connectivity index (χ0) is 18.2. The summed E-state index contributed by atoms with van der Waals surface area (Å²) >= 11 is 0. The van der Waals surface area contributed by atoms with E-state index in [1.807, 2.05) is 20.8 Å². The molecule has 6 nitrogen and oxygen atoms in total. The predicted molar refractivity (Wildman–Crippen MR) is 94.9 cm³/mol. The monoisotopic (exact) mass is 366 g/mol. The van der Waals surface area contributed by atoms with Gasteiger partial charge in [0.15, 0.2) is 0 Å². The van der Waals surface area contributed by atoms with E-state index < -0.39 is 10.0 Å². The van der Waals surface area contributed by atoms with Crippen LogP contribution in [-0.2, 0) is 14.8 Å². The predicted octanol–water partition coefficient (Wildman–Crippen LogP) is 2.01. The van der Waals surface area contributed by atoms with Crippen LogP contribution in [0, 0.1) is 5.92 Å². The lowest BCUT2D eigenvalue weighted by Crippen LogP contribution is -2.48. The summed E-state index contributed by atoms with van der Waals surface area (Å²) < 4.78 is 32.9. The molecular weight excluding hydrogens is 340 g/mol. The summed E-state index contributed by atoms with van der Waals surface area (Å²) in [4.78, 5) is 12.6. The Kier molecular flexibility index (Phi) is 5.18. The lowest BCUT2D eigenvalue weighted by Gasteiger charge is -2.34. The summed E-state index contributed by atoms with van der Waals surface area (Å²) in [6.45, 7) is 6.36. The highest BCUT2D eigenvalue weighted by atomic mass is 32.2. The number of hydrogen-bond acceptors (Lipinski definition) is 4. The van der Waals surface area contributed by atoms with Gasteiger partial charge in [-0.1, -0.05) is 6.07 Å². The first kappa shape index (κ1) is 18.4. The molecule has 1 aromatic rings. The third-order valence-corrected chi connectivity index (χ3v) is 6.64. The number of hydrogen-bond donors (Lipinski definition) is 1. The van der Waals surface area contributed by atoms with Crippen molar-refractivity contribution in [1.29, 1.82) is 0 Å². The highest BCUT2D eigenvalue weighted by molar-refractivity contribution is 7.89. The first-order valence-corrected chi connectivity index (χ1v) is 10.3. The maximum absolute atomic E-state index is 12.9. The molecule has 1 heterocycles. The zero-order valence-corrected chi connectivity index (χ0v) is 15.8. The van der Waals surface area contributed by atoms with Crippen LogP contribution >= 0.6 is 0 Å². The van der Waals surface area contributed by atoms with Gasteiger partial charge in [0, 0.05) is 24.7 Å². The zero-order valence-electron chi connectivity index (χ0n) is 14.9. The molecule has 1 saturated heterocycles. The van der Waals surface area contributed by atoms with E-state index >= 15 is 0 Å². The Morgan fingerprint density at radius 1 is 1.24 bits per heavy atom. The molecule has 0 spiro atoms. The maximum atomic E-state index is 12.9. The lowest BCUT2D eigenvalue weighted by atomic mass is 10.1. The van der Waals surface area contributed by atoms with Crippen molar-refractivity contribution in [3.8, 4) is 0 Å². The average molecular weight is 366 g/mol. The molecule has 3 atom stereocenters. The van der Waals surface area contributed by atoms with Crippen molar-refractivity contribution in [2.75, 3.05) is 13.1 Å². The molecule has 3 unspecified atom stereocenters. The second-order valence-electron chi connectivity index (χ2n) is 7.21. The van der Waals surface area contributed by atoms with Gasteiger partial charge in [-0.05, 0) is 57.7 Å². The number of rotatable bonds is 5. The fourth-order valence-electron chi connectivity index (χ4n) is 3.28. The van der Waals surface area contributed by atoms with Crippen LogP contribution in [-0.4, -0.2) is 50.0 Å². The Balaban J connectivity index is 1.78. The number of carbonyl (C=O) groups is 1. The van der Waals surface area contributed by atoms with Gasteiger partial charge in [0.25, 0.3) is 5.91 Å². The molecule has 1 saturated carbocycles. The standard InChI is InChI=1S/C18H26N2O4S/c1-12-10-20(11-13(2)24-12)25(22,23)17-6-4-5-16(9-17)18(21)19-14(3)15-7-8-15/h4-6,9,12-15H,7-8,10-11H2,1-3H3,(H,19,21). The second-order valence-corrected chi connectivity index (χ2v) is 9.14. The highest BCUT2D eigenvalue weighted by Gasteiger charge is 2.33. The number of carbonyl (C=O) groups excluding carboxylic acids is 1. The summed E-state index contributed by atoms with van der Waals surface area (Å²) in [6.07, 6.45) is 1.99. The van der Waals surface area contributed by atoms with Gasteiger partial charge in [0.1, 0.15) is 0 Å². The number of amides is 1. The fourth-order valence-corrected chi connectivity index (χ4v) is 4.91. The Morgan fingerprint density at radius 3 is 2.48 bits per heavy atom. The number of benzene rings is 1. The number of morpholine rings is 1. The van der Waals surface area contributed by atoms with Gasteiger partial charge < -0.3 is 10.1 Å². The van der Waals surface area contributed by atoms with Crippen LogP contribution in [0.25, 0.3) is 0 Å². The van der Waals surface area contributed by atoms with E-state index in [9.17, 15) is 13.2 Å². The van der Waals surface area contributed by atoms with E-state index in [0.717, 1.165) is 12.8 Å². The van der Waals surface area contributed by atoms with Gasteiger partial charge in [-0.15, -0.1) is 0 Å². The van der Waals surface area contributed by atoms with Crippen molar-refractivity contribution in [3.05, 3.63) is 29.8 Å². The van der Waals surface area contributed by atoms with Crippen LogP contribution in [0.4, 0.5) is 0 Å². The summed E-state index contributed by atoms with van der Waals surface area (Å²) in [5, 5.41) is 2.96. The van der Waals surface area contributed by atoms with E-state index in [0.29, 0.717) is 24.6 Å². The Labute approximate surface area is 149 Å².